The molecule has 108 valence electrons. The second kappa shape index (κ2) is 5.61. The lowest BCUT2D eigenvalue weighted by molar-refractivity contribution is -0.112. The summed E-state index contributed by atoms with van der Waals surface area (Å²) in [5, 5.41) is 2.65. The molecule has 1 amide bonds. The molecule has 1 fully saturated rings. The Balaban J connectivity index is 1.77. The molecule has 1 aromatic heterocycles. The van der Waals surface area contributed by atoms with Gasteiger partial charge in [0.25, 0.3) is 5.91 Å². The van der Waals surface area contributed by atoms with E-state index in [1.807, 2.05) is 6.07 Å². The Morgan fingerprint density at radius 2 is 2.24 bits per heavy atom. The van der Waals surface area contributed by atoms with Gasteiger partial charge in [0, 0.05) is 11.4 Å². The molecule has 1 saturated heterocycles. The van der Waals surface area contributed by atoms with E-state index in [1.165, 1.54) is 18.0 Å². The molecule has 1 atom stereocenters. The van der Waals surface area contributed by atoms with E-state index in [0.717, 1.165) is 5.75 Å². The number of rotatable bonds is 3. The molecule has 1 aliphatic rings. The number of nitrogen functional groups attached to an aromatic ring is 1. The van der Waals surface area contributed by atoms with Crippen molar-refractivity contribution in [3.8, 4) is 11.5 Å². The minimum atomic E-state index is -0.440. The van der Waals surface area contributed by atoms with Crippen LogP contribution in [0.4, 0.5) is 5.69 Å². The van der Waals surface area contributed by atoms with Gasteiger partial charge in [-0.15, -0.1) is 0 Å². The maximum atomic E-state index is 12.0. The van der Waals surface area contributed by atoms with Crippen LogP contribution < -0.4 is 11.1 Å². The van der Waals surface area contributed by atoms with Crippen molar-refractivity contribution in [2.45, 2.75) is 12.5 Å². The number of anilines is 1. The van der Waals surface area contributed by atoms with Gasteiger partial charge in [0.1, 0.15) is 6.26 Å². The fraction of sp³-hybridized carbons (Fsp3) is 0.214. The number of nitrogens with one attached hydrogen (secondary N) is 1. The normalized spacial score (nSPS) is 17.9. The lowest BCUT2D eigenvalue weighted by Gasteiger charge is -2.07. The zero-order valence-electron chi connectivity index (χ0n) is 11.0. The molecule has 3 rings (SSSR count). The summed E-state index contributed by atoms with van der Waals surface area (Å²) in [7, 11) is 0. The monoisotopic (exact) mass is 303 g/mol. The van der Waals surface area contributed by atoms with Crippen molar-refractivity contribution < 1.29 is 14.0 Å². The van der Waals surface area contributed by atoms with Crippen molar-refractivity contribution >= 4 is 28.5 Å². The van der Waals surface area contributed by atoms with Gasteiger partial charge in [-0.3, -0.25) is 9.59 Å². The predicted molar refractivity (Wildman–Crippen MR) is 79.7 cm³/mol. The maximum Gasteiger partial charge on any atom is 0.273 e. The minimum absolute atomic E-state index is 0.0145. The largest absolute Gasteiger partial charge is 0.444 e. The number of hydrogen-bond acceptors (Lipinski definition) is 6. The second-order valence-corrected chi connectivity index (χ2v) is 5.71. The van der Waals surface area contributed by atoms with Crippen LogP contribution in [0.15, 0.2) is 34.9 Å². The van der Waals surface area contributed by atoms with E-state index < -0.39 is 11.9 Å². The van der Waals surface area contributed by atoms with Crippen molar-refractivity contribution in [1.82, 2.24) is 10.3 Å². The zero-order valence-corrected chi connectivity index (χ0v) is 11.9. The Bertz CT molecular complexity index is 698. The van der Waals surface area contributed by atoms with E-state index >= 15 is 0 Å². The standard InChI is InChI=1S/C14H13N3O3S/c15-9-4-2-1-3-8(9)13-17-11(7-20-13)12(18)16-10-5-6-21-14(10)19/h1-4,7,10H,5-6,15H2,(H,16,18). The van der Waals surface area contributed by atoms with Gasteiger partial charge >= 0.3 is 0 Å². The van der Waals surface area contributed by atoms with E-state index in [0.29, 0.717) is 17.7 Å². The lowest BCUT2D eigenvalue weighted by atomic mass is 10.2. The number of carbonyl (C=O) groups excluding carboxylic acids is 2. The highest BCUT2D eigenvalue weighted by Gasteiger charge is 2.28. The molecule has 3 N–H and O–H groups in total. The summed E-state index contributed by atoms with van der Waals surface area (Å²) in [6.07, 6.45) is 1.91. The SMILES string of the molecule is Nc1ccccc1-c1nc(C(=O)NC2CCSC2=O)co1. The predicted octanol–water partition coefficient (Wildman–Crippen LogP) is 1.69. The fourth-order valence-electron chi connectivity index (χ4n) is 2.05. The van der Waals surface area contributed by atoms with Crippen molar-refractivity contribution in [3.05, 3.63) is 36.2 Å². The molecular formula is C14H13N3O3S. The van der Waals surface area contributed by atoms with Crippen LogP contribution in [-0.2, 0) is 4.79 Å². The molecule has 0 spiro atoms. The van der Waals surface area contributed by atoms with E-state index in [4.69, 9.17) is 10.2 Å². The minimum Gasteiger partial charge on any atom is -0.444 e. The zero-order chi connectivity index (χ0) is 14.8. The summed E-state index contributed by atoms with van der Waals surface area (Å²) >= 11 is 1.23. The molecular weight excluding hydrogens is 290 g/mol. The Labute approximate surface area is 125 Å². The summed E-state index contributed by atoms with van der Waals surface area (Å²) in [5.74, 6) is 0.597. The number of oxazole rings is 1. The number of nitrogens with zero attached hydrogens (tertiary/aromatic N) is 1. The average Bonchev–Trinajstić information content (AvgIpc) is 3.09. The van der Waals surface area contributed by atoms with Gasteiger partial charge in [0.05, 0.1) is 11.6 Å². The smallest absolute Gasteiger partial charge is 0.273 e. The van der Waals surface area contributed by atoms with Crippen LogP contribution >= 0.6 is 11.8 Å². The first-order valence-electron chi connectivity index (χ1n) is 6.43. The highest BCUT2D eigenvalue weighted by atomic mass is 32.2. The van der Waals surface area contributed by atoms with E-state index in [9.17, 15) is 9.59 Å². The molecule has 6 nitrogen and oxygen atoms in total. The molecule has 1 unspecified atom stereocenters. The van der Waals surface area contributed by atoms with Crippen molar-refractivity contribution in [2.75, 3.05) is 11.5 Å². The number of benzene rings is 1. The number of carbonyl (C=O) groups is 2. The topological polar surface area (TPSA) is 98.2 Å². The van der Waals surface area contributed by atoms with Crippen LogP contribution in [0, 0.1) is 0 Å². The molecule has 21 heavy (non-hydrogen) atoms. The molecule has 7 heteroatoms. The van der Waals surface area contributed by atoms with Gasteiger partial charge in [-0.2, -0.15) is 0 Å². The summed E-state index contributed by atoms with van der Waals surface area (Å²) < 4.78 is 5.30. The summed E-state index contributed by atoms with van der Waals surface area (Å²) in [6, 6.07) is 6.67. The first kappa shape index (κ1) is 13.7. The molecule has 1 aliphatic heterocycles. The van der Waals surface area contributed by atoms with Gasteiger partial charge < -0.3 is 15.5 Å². The van der Waals surface area contributed by atoms with Crippen LogP contribution in [0.3, 0.4) is 0 Å². The highest BCUT2D eigenvalue weighted by Crippen LogP contribution is 2.25. The Hall–Kier alpha value is -2.28. The van der Waals surface area contributed by atoms with E-state index in [-0.39, 0.29) is 16.7 Å². The number of aromatic nitrogens is 1. The average molecular weight is 303 g/mol. The van der Waals surface area contributed by atoms with Gasteiger partial charge in [-0.1, -0.05) is 23.9 Å². The number of hydrogen-bond donors (Lipinski definition) is 2. The lowest BCUT2D eigenvalue weighted by Crippen LogP contribution is -2.37. The van der Waals surface area contributed by atoms with Crippen LogP contribution in [0.1, 0.15) is 16.9 Å². The van der Waals surface area contributed by atoms with E-state index in [2.05, 4.69) is 10.3 Å². The highest BCUT2D eigenvalue weighted by molar-refractivity contribution is 8.14. The van der Waals surface area contributed by atoms with Gasteiger partial charge in [-0.05, 0) is 18.6 Å². The molecule has 0 radical (unpaired) electrons. The molecule has 2 heterocycles. The van der Waals surface area contributed by atoms with Crippen LogP contribution in [0.5, 0.6) is 0 Å². The fourth-order valence-corrected chi connectivity index (χ4v) is 2.99. The van der Waals surface area contributed by atoms with Crippen molar-refractivity contribution in [2.24, 2.45) is 0 Å². The third-order valence-corrected chi connectivity index (χ3v) is 4.18. The Morgan fingerprint density at radius 3 is 2.95 bits per heavy atom. The van der Waals surface area contributed by atoms with Crippen LogP contribution in [0.2, 0.25) is 0 Å². The summed E-state index contributed by atoms with van der Waals surface area (Å²) in [6.45, 7) is 0. The Morgan fingerprint density at radius 1 is 1.43 bits per heavy atom. The maximum absolute atomic E-state index is 12.0. The third kappa shape index (κ3) is 2.78. The van der Waals surface area contributed by atoms with E-state index in [1.54, 1.807) is 18.2 Å². The number of nitrogens with two attached hydrogens (primary N) is 1. The number of para-hydroxylation sites is 1. The number of amides is 1. The van der Waals surface area contributed by atoms with Crippen molar-refractivity contribution in [1.29, 1.82) is 0 Å². The molecule has 0 aliphatic carbocycles. The summed E-state index contributed by atoms with van der Waals surface area (Å²) in [5.41, 5.74) is 7.13. The molecule has 1 aromatic carbocycles. The number of thioether (sulfide) groups is 1. The van der Waals surface area contributed by atoms with Gasteiger partial charge in [0.2, 0.25) is 11.0 Å². The third-order valence-electron chi connectivity index (χ3n) is 3.17. The molecule has 0 saturated carbocycles. The molecule has 2 aromatic rings. The van der Waals surface area contributed by atoms with Gasteiger partial charge in [-0.25, -0.2) is 4.98 Å². The first-order valence-corrected chi connectivity index (χ1v) is 7.41. The van der Waals surface area contributed by atoms with Crippen molar-refractivity contribution in [3.63, 3.8) is 0 Å². The Kier molecular flexibility index (Phi) is 3.66. The first-order chi connectivity index (χ1) is 10.1. The summed E-state index contributed by atoms with van der Waals surface area (Å²) in [4.78, 5) is 27.7. The second-order valence-electron chi connectivity index (χ2n) is 4.61. The van der Waals surface area contributed by atoms with Crippen LogP contribution in [0.25, 0.3) is 11.5 Å². The van der Waals surface area contributed by atoms with Gasteiger partial charge in [0.15, 0.2) is 5.69 Å². The molecule has 0 bridgehead atoms. The van der Waals surface area contributed by atoms with Crippen LogP contribution in [-0.4, -0.2) is 27.8 Å². The quantitative estimate of drug-likeness (QED) is 0.837.